The molecule has 0 radical (unpaired) electrons. The molecule has 1 aliphatic rings. The Morgan fingerprint density at radius 2 is 1.71 bits per heavy atom. The number of aliphatic hydroxyl groups is 1. The molecule has 1 saturated heterocycles. The van der Waals surface area contributed by atoms with Gasteiger partial charge in [0.15, 0.2) is 0 Å². The highest BCUT2D eigenvalue weighted by atomic mass is 16.5. The highest BCUT2D eigenvalue weighted by Crippen LogP contribution is 2.40. The van der Waals surface area contributed by atoms with Crippen molar-refractivity contribution in [3.63, 3.8) is 0 Å². The van der Waals surface area contributed by atoms with E-state index < -0.39 is 17.7 Å². The van der Waals surface area contributed by atoms with Crippen molar-refractivity contribution in [3.8, 4) is 5.75 Å². The van der Waals surface area contributed by atoms with Gasteiger partial charge in [-0.05, 0) is 60.9 Å². The highest BCUT2D eigenvalue weighted by Gasteiger charge is 2.45. The fourth-order valence-electron chi connectivity index (χ4n) is 4.62. The Morgan fingerprint density at radius 3 is 2.34 bits per heavy atom. The number of hydrogen-bond donors (Lipinski definition) is 1. The summed E-state index contributed by atoms with van der Waals surface area (Å²) in [6.07, 6.45) is 0.572. The van der Waals surface area contributed by atoms with E-state index in [1.54, 1.807) is 31.4 Å². The maximum atomic E-state index is 13.2. The number of benzene rings is 3. The second-order valence-electron chi connectivity index (χ2n) is 9.63. The number of aliphatic hydroxyl groups excluding tert-OH is 1. The summed E-state index contributed by atoms with van der Waals surface area (Å²) in [5.74, 6) is -0.882. The SMILES string of the molecule is COCCCN1C(=O)C(=O)/C(=C(/O)c2ccc(OCc3cccc(C)c3)cc2)C1c1ccc(N(C)C)cc1. The summed E-state index contributed by atoms with van der Waals surface area (Å²) in [5, 5.41) is 11.3. The Bertz CT molecular complexity index is 1310. The number of amides is 1. The Kier molecular flexibility index (Phi) is 8.48. The standard InChI is InChI=1S/C31H34N2O5/c1-21-7-5-8-22(19-21)20-38-26-15-11-24(12-16-26)29(34)27-28(23-9-13-25(14-10-23)32(2)3)33(17-6-18-37-4)31(36)30(27)35/h5,7-16,19,28,34H,6,17-18,20H2,1-4H3/b29-27+. The lowest BCUT2D eigenvalue weighted by Crippen LogP contribution is -2.31. The minimum Gasteiger partial charge on any atom is -0.507 e. The minimum absolute atomic E-state index is 0.0819. The van der Waals surface area contributed by atoms with Gasteiger partial charge < -0.3 is 24.4 Å². The number of aryl methyl sites for hydroxylation is 1. The largest absolute Gasteiger partial charge is 0.507 e. The van der Waals surface area contributed by atoms with Crippen LogP contribution in [0.2, 0.25) is 0 Å². The van der Waals surface area contributed by atoms with Crippen LogP contribution < -0.4 is 9.64 Å². The number of ketones is 1. The Morgan fingerprint density at radius 1 is 1.00 bits per heavy atom. The Labute approximate surface area is 223 Å². The molecule has 1 atom stereocenters. The zero-order chi connectivity index (χ0) is 27.2. The van der Waals surface area contributed by atoms with E-state index in [1.165, 1.54) is 4.90 Å². The van der Waals surface area contributed by atoms with Crippen molar-refractivity contribution < 1.29 is 24.2 Å². The summed E-state index contributed by atoms with van der Waals surface area (Å²) in [4.78, 5) is 29.8. The molecule has 3 aromatic rings. The van der Waals surface area contributed by atoms with Gasteiger partial charge in [-0.2, -0.15) is 0 Å². The van der Waals surface area contributed by atoms with Gasteiger partial charge >= 0.3 is 0 Å². The van der Waals surface area contributed by atoms with Gasteiger partial charge in [-0.25, -0.2) is 0 Å². The van der Waals surface area contributed by atoms with Crippen LogP contribution in [-0.2, 0) is 20.9 Å². The molecule has 0 saturated carbocycles. The van der Waals surface area contributed by atoms with Gasteiger partial charge in [-0.15, -0.1) is 0 Å². The minimum atomic E-state index is -0.694. The monoisotopic (exact) mass is 514 g/mol. The van der Waals surface area contributed by atoms with E-state index in [0.29, 0.717) is 37.5 Å². The summed E-state index contributed by atoms with van der Waals surface area (Å²) in [6, 6.07) is 22.0. The van der Waals surface area contributed by atoms with Gasteiger partial charge in [-0.3, -0.25) is 9.59 Å². The van der Waals surface area contributed by atoms with Crippen molar-refractivity contribution in [2.45, 2.75) is 26.0 Å². The first kappa shape index (κ1) is 26.9. The number of nitrogens with zero attached hydrogens (tertiary/aromatic N) is 2. The molecule has 1 N–H and O–H groups in total. The fraction of sp³-hybridized carbons (Fsp3) is 0.290. The molecule has 1 fully saturated rings. The molecule has 0 bridgehead atoms. The van der Waals surface area contributed by atoms with Crippen molar-refractivity contribution in [2.24, 2.45) is 0 Å². The summed E-state index contributed by atoms with van der Waals surface area (Å²) in [5.41, 5.74) is 4.50. The van der Waals surface area contributed by atoms with Crippen molar-refractivity contribution in [2.75, 3.05) is 39.3 Å². The summed E-state index contributed by atoms with van der Waals surface area (Å²) in [7, 11) is 5.49. The number of carbonyl (C=O) groups is 2. The molecule has 38 heavy (non-hydrogen) atoms. The second kappa shape index (κ2) is 12.0. The molecule has 0 spiro atoms. The zero-order valence-corrected chi connectivity index (χ0v) is 22.3. The van der Waals surface area contributed by atoms with Crippen LogP contribution in [0.25, 0.3) is 5.76 Å². The third-order valence-electron chi connectivity index (χ3n) is 6.63. The van der Waals surface area contributed by atoms with E-state index >= 15 is 0 Å². The van der Waals surface area contributed by atoms with E-state index in [1.807, 2.05) is 68.4 Å². The van der Waals surface area contributed by atoms with Gasteiger partial charge in [0.25, 0.3) is 11.7 Å². The van der Waals surface area contributed by atoms with Crippen LogP contribution in [0.1, 0.15) is 34.7 Å². The maximum Gasteiger partial charge on any atom is 0.295 e. The molecule has 1 unspecified atom stereocenters. The normalized spacial score (nSPS) is 16.6. The lowest BCUT2D eigenvalue weighted by molar-refractivity contribution is -0.140. The third-order valence-corrected chi connectivity index (χ3v) is 6.63. The number of rotatable bonds is 10. The average Bonchev–Trinajstić information content (AvgIpc) is 3.17. The number of ether oxygens (including phenoxy) is 2. The summed E-state index contributed by atoms with van der Waals surface area (Å²) >= 11 is 0. The smallest absolute Gasteiger partial charge is 0.295 e. The Hall–Kier alpha value is -4.10. The molecule has 1 aliphatic heterocycles. The lowest BCUT2D eigenvalue weighted by atomic mass is 9.95. The van der Waals surface area contributed by atoms with Gasteiger partial charge in [0.2, 0.25) is 0 Å². The number of methoxy groups -OCH3 is 1. The fourth-order valence-corrected chi connectivity index (χ4v) is 4.62. The molecule has 7 nitrogen and oxygen atoms in total. The number of Topliss-reactive ketones (excluding diaryl/α,β-unsaturated/α-hetero) is 1. The predicted octanol–water partition coefficient (Wildman–Crippen LogP) is 5.10. The predicted molar refractivity (Wildman–Crippen MR) is 148 cm³/mol. The number of hydrogen-bond acceptors (Lipinski definition) is 6. The molecule has 1 heterocycles. The van der Waals surface area contributed by atoms with Crippen LogP contribution in [0.5, 0.6) is 5.75 Å². The quantitative estimate of drug-likeness (QED) is 0.176. The van der Waals surface area contributed by atoms with E-state index in [0.717, 1.165) is 22.4 Å². The van der Waals surface area contributed by atoms with Crippen LogP contribution in [0.4, 0.5) is 5.69 Å². The van der Waals surface area contributed by atoms with Crippen LogP contribution in [0, 0.1) is 6.92 Å². The summed E-state index contributed by atoms with van der Waals surface area (Å²) < 4.78 is 11.0. The summed E-state index contributed by atoms with van der Waals surface area (Å²) in [6.45, 7) is 3.25. The van der Waals surface area contributed by atoms with Gasteiger partial charge in [0, 0.05) is 45.6 Å². The highest BCUT2D eigenvalue weighted by molar-refractivity contribution is 6.46. The number of carbonyl (C=O) groups excluding carboxylic acids is 2. The van der Waals surface area contributed by atoms with Crippen molar-refractivity contribution in [1.82, 2.24) is 4.90 Å². The van der Waals surface area contributed by atoms with Crippen LogP contribution in [0.15, 0.2) is 78.4 Å². The maximum absolute atomic E-state index is 13.2. The molecule has 7 heteroatoms. The molecular weight excluding hydrogens is 480 g/mol. The first-order chi connectivity index (χ1) is 18.3. The van der Waals surface area contributed by atoms with Crippen molar-refractivity contribution in [1.29, 1.82) is 0 Å². The first-order valence-electron chi connectivity index (χ1n) is 12.6. The molecule has 0 aliphatic carbocycles. The molecule has 198 valence electrons. The van der Waals surface area contributed by atoms with E-state index in [4.69, 9.17) is 9.47 Å². The van der Waals surface area contributed by atoms with Crippen molar-refractivity contribution >= 4 is 23.1 Å². The molecular formula is C31H34N2O5. The van der Waals surface area contributed by atoms with Crippen LogP contribution in [0.3, 0.4) is 0 Å². The molecule has 0 aromatic heterocycles. The van der Waals surface area contributed by atoms with Crippen molar-refractivity contribution in [3.05, 3.63) is 101 Å². The number of anilines is 1. The van der Waals surface area contributed by atoms with Gasteiger partial charge in [-0.1, -0.05) is 42.0 Å². The van der Waals surface area contributed by atoms with E-state index in [9.17, 15) is 14.7 Å². The van der Waals surface area contributed by atoms with Crippen LogP contribution >= 0.6 is 0 Å². The molecule has 1 amide bonds. The van der Waals surface area contributed by atoms with E-state index in [2.05, 4.69) is 6.07 Å². The van der Waals surface area contributed by atoms with E-state index in [-0.39, 0.29) is 11.3 Å². The second-order valence-corrected chi connectivity index (χ2v) is 9.63. The average molecular weight is 515 g/mol. The zero-order valence-electron chi connectivity index (χ0n) is 22.3. The molecule has 4 rings (SSSR count). The van der Waals surface area contributed by atoms with Crippen LogP contribution in [-0.4, -0.2) is 56.1 Å². The first-order valence-corrected chi connectivity index (χ1v) is 12.6. The topological polar surface area (TPSA) is 79.3 Å². The molecule has 3 aromatic carbocycles. The van der Waals surface area contributed by atoms with Gasteiger partial charge in [0.05, 0.1) is 11.6 Å². The lowest BCUT2D eigenvalue weighted by Gasteiger charge is -2.26. The number of likely N-dealkylation sites (tertiary alicyclic amines) is 1. The Balaban J connectivity index is 1.64. The van der Waals surface area contributed by atoms with Gasteiger partial charge in [0.1, 0.15) is 18.1 Å². The third kappa shape index (κ3) is 5.89.